The summed E-state index contributed by atoms with van der Waals surface area (Å²) in [6.07, 6.45) is 12.7. The predicted molar refractivity (Wildman–Crippen MR) is 159 cm³/mol. The monoisotopic (exact) mass is 522 g/mol. The van der Waals surface area contributed by atoms with Crippen molar-refractivity contribution < 1.29 is 4.74 Å². The van der Waals surface area contributed by atoms with Gasteiger partial charge in [-0.3, -0.25) is 0 Å². The van der Waals surface area contributed by atoms with E-state index in [1.165, 1.54) is 56.9 Å². The second-order valence-corrected chi connectivity index (χ2v) is 15.3. The molecule has 5 rings (SSSR count). The van der Waals surface area contributed by atoms with Crippen molar-refractivity contribution in [3.05, 3.63) is 35.9 Å². The molecule has 0 saturated heterocycles. The SMILES string of the molecule is CC(C)C(C)CCC(C)C1CCC2C3(N)CCC4CC(N)CCC4(C)C3CC(OCc3ccccc3)C12C. The fraction of sp³-hybridized carbons (Fsp3) is 0.829. The third-order valence-electron chi connectivity index (χ3n) is 13.2. The number of rotatable bonds is 8. The summed E-state index contributed by atoms with van der Waals surface area (Å²) < 4.78 is 7.09. The van der Waals surface area contributed by atoms with Gasteiger partial charge in [-0.05, 0) is 104 Å². The lowest BCUT2D eigenvalue weighted by Gasteiger charge is -2.67. The summed E-state index contributed by atoms with van der Waals surface area (Å²) in [4.78, 5) is 0. The van der Waals surface area contributed by atoms with Crippen LogP contribution in [0.5, 0.6) is 0 Å². The van der Waals surface area contributed by atoms with Gasteiger partial charge in [-0.1, -0.05) is 84.7 Å². The zero-order chi connectivity index (χ0) is 27.3. The van der Waals surface area contributed by atoms with Gasteiger partial charge in [0.15, 0.2) is 0 Å². The van der Waals surface area contributed by atoms with Crippen LogP contribution < -0.4 is 11.5 Å². The number of benzene rings is 1. The normalized spacial score (nSPS) is 44.2. The molecule has 1 aromatic carbocycles. The van der Waals surface area contributed by atoms with E-state index in [2.05, 4.69) is 71.9 Å². The molecule has 214 valence electrons. The molecule has 0 aromatic heterocycles. The van der Waals surface area contributed by atoms with Crippen LogP contribution in [0.25, 0.3) is 0 Å². The Bertz CT molecular complexity index is 933. The van der Waals surface area contributed by atoms with Crippen molar-refractivity contribution in [2.75, 3.05) is 0 Å². The van der Waals surface area contributed by atoms with Crippen molar-refractivity contribution >= 4 is 0 Å². The van der Waals surface area contributed by atoms with E-state index in [-0.39, 0.29) is 17.1 Å². The van der Waals surface area contributed by atoms with Gasteiger partial charge in [-0.15, -0.1) is 0 Å². The molecular weight excluding hydrogens is 464 g/mol. The minimum atomic E-state index is -0.0618. The Kier molecular flexibility index (Phi) is 8.15. The van der Waals surface area contributed by atoms with Crippen LogP contribution in [0.2, 0.25) is 0 Å². The Morgan fingerprint density at radius 2 is 1.63 bits per heavy atom. The Balaban J connectivity index is 1.45. The first-order chi connectivity index (χ1) is 18.0. The average Bonchev–Trinajstić information content (AvgIpc) is 3.26. The molecule has 0 amide bonds. The van der Waals surface area contributed by atoms with E-state index in [0.717, 1.165) is 30.6 Å². The lowest BCUT2D eigenvalue weighted by atomic mass is 9.41. The molecule has 3 nitrogen and oxygen atoms in total. The zero-order valence-electron chi connectivity index (χ0n) is 25.4. The van der Waals surface area contributed by atoms with E-state index in [0.29, 0.717) is 41.7 Å². The fourth-order valence-electron chi connectivity index (χ4n) is 10.5. The number of nitrogens with two attached hydrogens (primary N) is 2. The molecule has 0 spiro atoms. The van der Waals surface area contributed by atoms with E-state index in [9.17, 15) is 0 Å². The summed E-state index contributed by atoms with van der Waals surface area (Å²) in [6.45, 7) is 15.7. The largest absolute Gasteiger partial charge is 0.373 e. The molecule has 11 atom stereocenters. The van der Waals surface area contributed by atoms with Gasteiger partial charge in [-0.2, -0.15) is 0 Å². The maximum atomic E-state index is 7.77. The van der Waals surface area contributed by atoms with Crippen LogP contribution >= 0.6 is 0 Å². The fourth-order valence-corrected chi connectivity index (χ4v) is 10.5. The first kappa shape index (κ1) is 28.6. The summed E-state index contributed by atoms with van der Waals surface area (Å²) in [5, 5.41) is 0. The molecule has 0 aliphatic heterocycles. The van der Waals surface area contributed by atoms with Crippen molar-refractivity contribution in [2.24, 2.45) is 63.7 Å². The molecule has 4 fully saturated rings. The molecule has 0 heterocycles. The van der Waals surface area contributed by atoms with Crippen LogP contribution in [0.1, 0.15) is 111 Å². The van der Waals surface area contributed by atoms with Gasteiger partial charge in [0.05, 0.1) is 12.7 Å². The lowest BCUT2D eigenvalue weighted by Crippen LogP contribution is -2.71. The quantitative estimate of drug-likeness (QED) is 0.364. The molecule has 4 aliphatic carbocycles. The highest BCUT2D eigenvalue weighted by Gasteiger charge is 2.69. The van der Waals surface area contributed by atoms with Gasteiger partial charge in [-0.25, -0.2) is 0 Å². The van der Waals surface area contributed by atoms with Crippen molar-refractivity contribution in [2.45, 2.75) is 130 Å². The minimum Gasteiger partial charge on any atom is -0.373 e. The average molecular weight is 523 g/mol. The topological polar surface area (TPSA) is 61.3 Å². The molecule has 4 saturated carbocycles. The first-order valence-corrected chi connectivity index (χ1v) is 16.2. The molecule has 0 radical (unpaired) electrons. The van der Waals surface area contributed by atoms with Crippen LogP contribution in [-0.2, 0) is 11.3 Å². The van der Waals surface area contributed by atoms with E-state index in [1.54, 1.807) is 0 Å². The van der Waals surface area contributed by atoms with Crippen molar-refractivity contribution in [3.63, 3.8) is 0 Å². The second-order valence-electron chi connectivity index (χ2n) is 15.3. The van der Waals surface area contributed by atoms with Gasteiger partial charge in [0.2, 0.25) is 0 Å². The highest BCUT2D eigenvalue weighted by atomic mass is 16.5. The Hall–Kier alpha value is -0.900. The van der Waals surface area contributed by atoms with Gasteiger partial charge >= 0.3 is 0 Å². The molecule has 0 bridgehead atoms. The standard InChI is InChI=1S/C35H58N2O/c1-23(2)24(3)12-13-25(4)29-14-15-30-34(29,6)32(38-22-26-10-8-7-9-11-26)21-31-33(5)18-17-28(36)20-27(33)16-19-35(30,31)37/h7-11,23-25,27-32H,12-22,36-37H2,1-6H3. The van der Waals surface area contributed by atoms with E-state index in [4.69, 9.17) is 16.2 Å². The molecule has 1 aromatic rings. The van der Waals surface area contributed by atoms with Crippen LogP contribution in [0.3, 0.4) is 0 Å². The highest BCUT2D eigenvalue weighted by molar-refractivity contribution is 5.21. The predicted octanol–water partition coefficient (Wildman–Crippen LogP) is 7.96. The van der Waals surface area contributed by atoms with E-state index in [1.807, 2.05) is 0 Å². The van der Waals surface area contributed by atoms with E-state index < -0.39 is 0 Å². The molecule has 11 unspecified atom stereocenters. The third kappa shape index (κ3) is 4.81. The summed E-state index contributed by atoms with van der Waals surface area (Å²) in [5.41, 5.74) is 16.0. The molecule has 4 aliphatic rings. The molecular formula is C35H58N2O. The van der Waals surface area contributed by atoms with Gasteiger partial charge in [0, 0.05) is 17.0 Å². The number of hydrogen-bond donors (Lipinski definition) is 2. The summed E-state index contributed by atoms with van der Waals surface area (Å²) in [6, 6.07) is 11.2. The van der Waals surface area contributed by atoms with Gasteiger partial charge < -0.3 is 16.2 Å². The second kappa shape index (κ2) is 10.8. The van der Waals surface area contributed by atoms with Crippen molar-refractivity contribution in [1.29, 1.82) is 0 Å². The van der Waals surface area contributed by atoms with Crippen LogP contribution in [-0.4, -0.2) is 17.7 Å². The van der Waals surface area contributed by atoms with Crippen LogP contribution in [0.4, 0.5) is 0 Å². The van der Waals surface area contributed by atoms with E-state index >= 15 is 0 Å². The van der Waals surface area contributed by atoms with Crippen molar-refractivity contribution in [3.8, 4) is 0 Å². The van der Waals surface area contributed by atoms with Gasteiger partial charge in [0.1, 0.15) is 0 Å². The van der Waals surface area contributed by atoms with Crippen LogP contribution in [0.15, 0.2) is 30.3 Å². The molecule has 4 N–H and O–H groups in total. The summed E-state index contributed by atoms with van der Waals surface area (Å²) in [5.74, 6) is 4.78. The first-order valence-electron chi connectivity index (χ1n) is 16.2. The number of ether oxygens (including phenoxy) is 1. The lowest BCUT2D eigenvalue weighted by molar-refractivity contribution is -0.198. The number of hydrogen-bond acceptors (Lipinski definition) is 3. The van der Waals surface area contributed by atoms with Gasteiger partial charge in [0.25, 0.3) is 0 Å². The smallest absolute Gasteiger partial charge is 0.0720 e. The maximum absolute atomic E-state index is 7.77. The molecule has 38 heavy (non-hydrogen) atoms. The highest BCUT2D eigenvalue weighted by Crippen LogP contribution is 2.69. The van der Waals surface area contributed by atoms with Crippen LogP contribution in [0, 0.1) is 52.3 Å². The van der Waals surface area contributed by atoms with Crippen molar-refractivity contribution in [1.82, 2.24) is 0 Å². The Labute approximate surface area is 234 Å². The minimum absolute atomic E-state index is 0.0618. The Morgan fingerprint density at radius 3 is 2.34 bits per heavy atom. The summed E-state index contributed by atoms with van der Waals surface area (Å²) >= 11 is 0. The summed E-state index contributed by atoms with van der Waals surface area (Å²) in [7, 11) is 0. The zero-order valence-corrected chi connectivity index (χ0v) is 25.4. The Morgan fingerprint density at radius 1 is 0.895 bits per heavy atom. The maximum Gasteiger partial charge on any atom is 0.0720 e. The molecule has 3 heteroatoms. The third-order valence-corrected chi connectivity index (χ3v) is 13.2. The number of fused-ring (bicyclic) bond motifs is 5.